The van der Waals surface area contributed by atoms with Crippen molar-refractivity contribution in [1.82, 2.24) is 5.32 Å². The molecular formula is C23H22N2O4S. The minimum atomic E-state index is -0.206. The Morgan fingerprint density at radius 3 is 2.83 bits per heavy atom. The van der Waals surface area contributed by atoms with Gasteiger partial charge in [-0.2, -0.15) is 0 Å². The van der Waals surface area contributed by atoms with Gasteiger partial charge in [0, 0.05) is 34.4 Å². The zero-order valence-electron chi connectivity index (χ0n) is 17.0. The molecule has 1 aliphatic rings. The lowest BCUT2D eigenvalue weighted by atomic mass is 9.99. The summed E-state index contributed by atoms with van der Waals surface area (Å²) in [5.41, 5.74) is 4.25. The van der Waals surface area contributed by atoms with E-state index in [0.717, 1.165) is 45.7 Å². The van der Waals surface area contributed by atoms with E-state index >= 15 is 0 Å². The van der Waals surface area contributed by atoms with Crippen LogP contribution in [-0.4, -0.2) is 37.6 Å². The van der Waals surface area contributed by atoms with Crippen molar-refractivity contribution in [3.8, 4) is 22.6 Å². The molecule has 7 heteroatoms. The Morgan fingerprint density at radius 1 is 1.23 bits per heavy atom. The molecule has 1 N–H and O–H groups in total. The Bertz CT molecular complexity index is 1160. The van der Waals surface area contributed by atoms with Crippen molar-refractivity contribution in [2.24, 2.45) is 4.99 Å². The molecule has 0 atom stereocenters. The van der Waals surface area contributed by atoms with Crippen LogP contribution in [-0.2, 0) is 4.79 Å². The molecule has 0 radical (unpaired) electrons. The van der Waals surface area contributed by atoms with Crippen molar-refractivity contribution in [2.75, 3.05) is 26.5 Å². The molecule has 3 aromatic rings. The standard InChI is InChI=1S/C23H22N2O4S/c1-14(9-22(26)25-23-24-7-8-30-23)17-11-18-19(13-29-21(18)12-20(17)28-3)15-5-4-6-16(10-15)27-2/h4-6,9-13H,7-8H2,1-3H3,(H,24,25,26)/b14-9+. The Hall–Kier alpha value is -3.19. The van der Waals surface area contributed by atoms with Crippen LogP contribution >= 0.6 is 11.8 Å². The maximum atomic E-state index is 12.4. The number of methoxy groups -OCH3 is 2. The third kappa shape index (κ3) is 4.07. The quantitative estimate of drug-likeness (QED) is 0.601. The fraction of sp³-hybridized carbons (Fsp3) is 0.217. The summed E-state index contributed by atoms with van der Waals surface area (Å²) in [6.07, 6.45) is 3.29. The molecule has 30 heavy (non-hydrogen) atoms. The van der Waals surface area contributed by atoms with Crippen molar-refractivity contribution in [1.29, 1.82) is 0 Å². The van der Waals surface area contributed by atoms with Gasteiger partial charge >= 0.3 is 0 Å². The molecule has 1 aliphatic heterocycles. The van der Waals surface area contributed by atoms with E-state index in [9.17, 15) is 4.79 Å². The van der Waals surface area contributed by atoms with Gasteiger partial charge in [-0.05, 0) is 36.3 Å². The second-order valence-electron chi connectivity index (χ2n) is 6.78. The van der Waals surface area contributed by atoms with Crippen molar-refractivity contribution < 1.29 is 18.7 Å². The molecule has 0 saturated carbocycles. The number of carbonyl (C=O) groups is 1. The van der Waals surface area contributed by atoms with Crippen molar-refractivity contribution in [3.05, 3.63) is 54.3 Å². The first kappa shape index (κ1) is 20.1. The summed E-state index contributed by atoms with van der Waals surface area (Å²) in [6, 6.07) is 11.7. The Labute approximate surface area is 179 Å². The number of nitrogens with one attached hydrogen (secondary N) is 1. The summed E-state index contributed by atoms with van der Waals surface area (Å²) < 4.78 is 16.7. The molecule has 0 bridgehead atoms. The maximum absolute atomic E-state index is 12.4. The van der Waals surface area contributed by atoms with Gasteiger partial charge < -0.3 is 19.2 Å². The molecule has 4 rings (SSSR count). The predicted molar refractivity (Wildman–Crippen MR) is 121 cm³/mol. The summed E-state index contributed by atoms with van der Waals surface area (Å²) in [7, 11) is 3.25. The van der Waals surface area contributed by atoms with Crippen LogP contribution in [0.3, 0.4) is 0 Å². The lowest BCUT2D eigenvalue weighted by molar-refractivity contribution is -0.115. The van der Waals surface area contributed by atoms with Crippen LogP contribution in [0.5, 0.6) is 11.5 Å². The van der Waals surface area contributed by atoms with Gasteiger partial charge in [0.2, 0.25) is 5.91 Å². The van der Waals surface area contributed by atoms with E-state index in [1.54, 1.807) is 38.3 Å². The molecule has 1 amide bonds. The first-order chi connectivity index (χ1) is 14.6. The highest BCUT2D eigenvalue weighted by molar-refractivity contribution is 8.14. The van der Waals surface area contributed by atoms with Crippen LogP contribution in [0.2, 0.25) is 0 Å². The molecular weight excluding hydrogens is 400 g/mol. The van der Waals surface area contributed by atoms with Gasteiger partial charge in [0.25, 0.3) is 0 Å². The van der Waals surface area contributed by atoms with E-state index in [0.29, 0.717) is 16.5 Å². The van der Waals surface area contributed by atoms with E-state index in [1.807, 2.05) is 43.3 Å². The van der Waals surface area contributed by atoms with Crippen molar-refractivity contribution in [2.45, 2.75) is 6.92 Å². The van der Waals surface area contributed by atoms with Crippen molar-refractivity contribution in [3.63, 3.8) is 0 Å². The van der Waals surface area contributed by atoms with E-state index < -0.39 is 0 Å². The highest BCUT2D eigenvalue weighted by Gasteiger charge is 2.16. The number of amides is 1. The number of carbonyl (C=O) groups excluding carboxylic acids is 1. The SMILES string of the molecule is COc1cccc(-c2coc3cc(OC)c(/C(C)=C/C(=O)NC4=NCCS4)cc23)c1. The summed E-state index contributed by atoms with van der Waals surface area (Å²) >= 11 is 1.55. The van der Waals surface area contributed by atoms with Gasteiger partial charge in [-0.1, -0.05) is 23.9 Å². The molecule has 6 nitrogen and oxygen atoms in total. The maximum Gasteiger partial charge on any atom is 0.250 e. The number of thioether (sulfide) groups is 1. The average Bonchev–Trinajstić information content (AvgIpc) is 3.42. The van der Waals surface area contributed by atoms with Gasteiger partial charge in [0.05, 0.1) is 27.0 Å². The second-order valence-corrected chi connectivity index (χ2v) is 7.87. The minimum absolute atomic E-state index is 0.206. The largest absolute Gasteiger partial charge is 0.497 e. The Morgan fingerprint density at radius 2 is 2.10 bits per heavy atom. The molecule has 0 fully saturated rings. The number of allylic oxidation sites excluding steroid dienone is 1. The first-order valence-electron chi connectivity index (χ1n) is 9.49. The molecule has 1 aromatic heterocycles. The topological polar surface area (TPSA) is 73.1 Å². The van der Waals surface area contributed by atoms with E-state index in [-0.39, 0.29) is 5.91 Å². The zero-order chi connectivity index (χ0) is 21.1. The smallest absolute Gasteiger partial charge is 0.250 e. The van der Waals surface area contributed by atoms with Crippen LogP contribution in [0.4, 0.5) is 0 Å². The molecule has 2 heterocycles. The Balaban J connectivity index is 1.73. The summed E-state index contributed by atoms with van der Waals surface area (Å²) in [5.74, 6) is 2.11. The van der Waals surface area contributed by atoms with Crippen LogP contribution in [0.1, 0.15) is 12.5 Å². The number of nitrogens with zero attached hydrogens (tertiary/aromatic N) is 1. The first-order valence-corrected chi connectivity index (χ1v) is 10.5. The lowest BCUT2D eigenvalue weighted by Gasteiger charge is -2.10. The van der Waals surface area contributed by atoms with E-state index in [2.05, 4.69) is 10.3 Å². The van der Waals surface area contributed by atoms with Gasteiger partial charge in [-0.15, -0.1) is 0 Å². The summed E-state index contributed by atoms with van der Waals surface area (Å²) in [5, 5.41) is 4.42. The van der Waals surface area contributed by atoms with E-state index in [4.69, 9.17) is 13.9 Å². The van der Waals surface area contributed by atoms with E-state index in [1.165, 1.54) is 0 Å². The summed E-state index contributed by atoms with van der Waals surface area (Å²) in [6.45, 7) is 2.62. The molecule has 0 unspecified atom stereocenters. The van der Waals surface area contributed by atoms with Crippen LogP contribution in [0, 0.1) is 0 Å². The van der Waals surface area contributed by atoms with Crippen LogP contribution in [0.15, 0.2) is 58.1 Å². The molecule has 154 valence electrons. The number of ether oxygens (including phenoxy) is 2. The average molecular weight is 423 g/mol. The molecule has 0 aliphatic carbocycles. The molecule has 0 saturated heterocycles. The number of benzene rings is 2. The number of hydrogen-bond acceptors (Lipinski definition) is 6. The number of amidine groups is 1. The number of rotatable bonds is 5. The minimum Gasteiger partial charge on any atom is -0.497 e. The van der Waals surface area contributed by atoms with Crippen molar-refractivity contribution >= 4 is 39.4 Å². The summed E-state index contributed by atoms with van der Waals surface area (Å²) in [4.78, 5) is 16.7. The fourth-order valence-electron chi connectivity index (χ4n) is 3.37. The number of furan rings is 1. The normalized spacial score (nSPS) is 14.0. The second kappa shape index (κ2) is 8.67. The third-order valence-corrected chi connectivity index (χ3v) is 5.76. The Kier molecular flexibility index (Phi) is 5.81. The van der Waals surface area contributed by atoms with Gasteiger partial charge in [0.15, 0.2) is 5.17 Å². The predicted octanol–water partition coefficient (Wildman–Crippen LogP) is 4.74. The van der Waals surface area contributed by atoms with Crippen LogP contribution in [0.25, 0.3) is 27.7 Å². The van der Waals surface area contributed by atoms with Gasteiger partial charge in [-0.3, -0.25) is 9.79 Å². The third-order valence-electron chi connectivity index (χ3n) is 4.86. The fourth-order valence-corrected chi connectivity index (χ4v) is 4.10. The number of hydrogen-bond donors (Lipinski definition) is 1. The monoisotopic (exact) mass is 422 g/mol. The lowest BCUT2D eigenvalue weighted by Crippen LogP contribution is -2.25. The number of aliphatic imine (C=N–C) groups is 1. The highest BCUT2D eigenvalue weighted by atomic mass is 32.2. The van der Waals surface area contributed by atoms with Crippen LogP contribution < -0.4 is 14.8 Å². The highest BCUT2D eigenvalue weighted by Crippen LogP contribution is 2.38. The van der Waals surface area contributed by atoms with Gasteiger partial charge in [-0.25, -0.2) is 0 Å². The molecule has 0 spiro atoms. The van der Waals surface area contributed by atoms with Gasteiger partial charge in [0.1, 0.15) is 17.1 Å². The number of fused-ring (bicyclic) bond motifs is 1. The molecule has 2 aromatic carbocycles. The zero-order valence-corrected chi connectivity index (χ0v) is 17.8.